The van der Waals surface area contributed by atoms with E-state index in [4.69, 9.17) is 9.47 Å². The summed E-state index contributed by atoms with van der Waals surface area (Å²) in [5.74, 6) is 0.0176. The molecule has 0 spiro atoms. The first kappa shape index (κ1) is 22.7. The lowest BCUT2D eigenvalue weighted by atomic mass is 10.0. The van der Waals surface area contributed by atoms with Crippen LogP contribution in [0.5, 0.6) is 11.5 Å². The minimum Gasteiger partial charge on any atom is -0.493 e. The van der Waals surface area contributed by atoms with Gasteiger partial charge in [-0.3, -0.25) is 4.79 Å². The molecular weight excluding hydrogens is 380 g/mol. The molecule has 156 valence electrons. The van der Waals surface area contributed by atoms with E-state index in [0.717, 1.165) is 12.0 Å². The van der Waals surface area contributed by atoms with Gasteiger partial charge in [0.2, 0.25) is 0 Å². The Morgan fingerprint density at radius 1 is 1.13 bits per heavy atom. The van der Waals surface area contributed by atoms with Crippen molar-refractivity contribution in [2.75, 3.05) is 13.7 Å². The molecule has 6 heteroatoms. The number of nitrogens with zero attached hydrogens (tertiary/aromatic N) is 1. The van der Waals surface area contributed by atoms with Crippen LogP contribution in [0.3, 0.4) is 0 Å². The molecule has 2 aromatic carbocycles. The van der Waals surface area contributed by atoms with Crippen molar-refractivity contribution in [1.82, 2.24) is 5.32 Å². The van der Waals surface area contributed by atoms with Crippen molar-refractivity contribution in [3.63, 3.8) is 0 Å². The lowest BCUT2D eigenvalue weighted by Gasteiger charge is -2.11. The number of nitriles is 1. The van der Waals surface area contributed by atoms with E-state index < -0.39 is 11.9 Å². The van der Waals surface area contributed by atoms with Crippen LogP contribution in [0.25, 0.3) is 6.08 Å². The highest BCUT2D eigenvalue weighted by atomic mass is 16.6. The summed E-state index contributed by atoms with van der Waals surface area (Å²) in [5.41, 5.74) is 2.14. The van der Waals surface area contributed by atoms with Crippen molar-refractivity contribution in [2.45, 2.75) is 33.1 Å². The lowest BCUT2D eigenvalue weighted by molar-refractivity contribution is -0.117. The molecule has 0 heterocycles. The van der Waals surface area contributed by atoms with Crippen LogP contribution < -0.4 is 14.8 Å². The third-order valence-electron chi connectivity index (χ3n) is 4.42. The number of amides is 1. The molecule has 0 aliphatic heterocycles. The number of methoxy groups -OCH3 is 1. The maximum Gasteiger partial charge on any atom is 0.343 e. The molecule has 0 unspecified atom stereocenters. The van der Waals surface area contributed by atoms with Gasteiger partial charge >= 0.3 is 5.97 Å². The summed E-state index contributed by atoms with van der Waals surface area (Å²) in [6, 6.07) is 14.0. The number of rotatable bonds is 8. The van der Waals surface area contributed by atoms with E-state index in [-0.39, 0.29) is 11.3 Å². The van der Waals surface area contributed by atoms with Crippen LogP contribution in [-0.4, -0.2) is 25.5 Å². The molecule has 0 aliphatic carbocycles. The van der Waals surface area contributed by atoms with Crippen molar-refractivity contribution in [3.05, 3.63) is 64.7 Å². The minimum atomic E-state index is -0.497. The molecule has 0 saturated carbocycles. The molecule has 0 aromatic heterocycles. The summed E-state index contributed by atoms with van der Waals surface area (Å²) in [5, 5.41) is 11.9. The summed E-state index contributed by atoms with van der Waals surface area (Å²) in [6.07, 6.45) is 2.24. The first-order valence-corrected chi connectivity index (χ1v) is 9.79. The Labute approximate surface area is 177 Å². The largest absolute Gasteiger partial charge is 0.493 e. The Balaban J connectivity index is 2.21. The van der Waals surface area contributed by atoms with Gasteiger partial charge in [-0.15, -0.1) is 0 Å². The molecule has 0 atom stereocenters. The molecule has 1 amide bonds. The Hall–Kier alpha value is -3.59. The summed E-state index contributed by atoms with van der Waals surface area (Å²) >= 11 is 0. The second kappa shape index (κ2) is 10.8. The second-order valence-corrected chi connectivity index (χ2v) is 7.00. The molecule has 2 aromatic rings. The molecule has 2 rings (SSSR count). The number of esters is 1. The third kappa shape index (κ3) is 5.95. The van der Waals surface area contributed by atoms with Gasteiger partial charge in [0.05, 0.1) is 12.7 Å². The van der Waals surface area contributed by atoms with E-state index in [9.17, 15) is 14.9 Å². The maximum atomic E-state index is 12.5. The summed E-state index contributed by atoms with van der Waals surface area (Å²) in [6.45, 7) is 6.59. The van der Waals surface area contributed by atoms with Gasteiger partial charge in [-0.2, -0.15) is 5.26 Å². The molecule has 0 radical (unpaired) electrons. The Kier molecular flexibility index (Phi) is 8.18. The smallest absolute Gasteiger partial charge is 0.343 e. The van der Waals surface area contributed by atoms with E-state index in [0.29, 0.717) is 29.3 Å². The molecular formula is C24H26N2O4. The number of carbonyl (C=O) groups excluding carboxylic acids is 2. The summed E-state index contributed by atoms with van der Waals surface area (Å²) in [4.78, 5) is 24.5. The van der Waals surface area contributed by atoms with Crippen molar-refractivity contribution >= 4 is 18.0 Å². The minimum absolute atomic E-state index is 0.0134. The van der Waals surface area contributed by atoms with Gasteiger partial charge in [-0.05, 0) is 53.8 Å². The Bertz CT molecular complexity index is 970. The lowest BCUT2D eigenvalue weighted by Crippen LogP contribution is -2.25. The van der Waals surface area contributed by atoms with Crippen LogP contribution in [0, 0.1) is 11.3 Å². The first-order chi connectivity index (χ1) is 14.4. The van der Waals surface area contributed by atoms with Crippen molar-refractivity contribution in [1.29, 1.82) is 5.26 Å². The monoisotopic (exact) mass is 406 g/mol. The zero-order valence-corrected chi connectivity index (χ0v) is 17.7. The highest BCUT2D eigenvalue weighted by Gasteiger charge is 2.14. The fourth-order valence-electron chi connectivity index (χ4n) is 2.67. The normalized spacial score (nSPS) is 11.0. The Morgan fingerprint density at radius 2 is 1.83 bits per heavy atom. The van der Waals surface area contributed by atoms with Gasteiger partial charge < -0.3 is 14.8 Å². The fourth-order valence-corrected chi connectivity index (χ4v) is 2.67. The van der Waals surface area contributed by atoms with Gasteiger partial charge in [-0.25, -0.2) is 4.79 Å². The zero-order chi connectivity index (χ0) is 22.1. The molecule has 0 aliphatic rings. The number of ether oxygens (including phenoxy) is 2. The van der Waals surface area contributed by atoms with E-state index in [1.807, 2.05) is 25.1 Å². The quantitative estimate of drug-likeness (QED) is 0.302. The van der Waals surface area contributed by atoms with E-state index in [1.54, 1.807) is 30.3 Å². The number of benzene rings is 2. The first-order valence-electron chi connectivity index (χ1n) is 9.79. The predicted octanol–water partition coefficient (Wildman–Crippen LogP) is 4.47. The van der Waals surface area contributed by atoms with E-state index in [1.165, 1.54) is 13.2 Å². The van der Waals surface area contributed by atoms with E-state index in [2.05, 4.69) is 19.2 Å². The predicted molar refractivity (Wildman–Crippen MR) is 115 cm³/mol. The number of hydrogen-bond acceptors (Lipinski definition) is 5. The second-order valence-electron chi connectivity index (χ2n) is 7.00. The average Bonchev–Trinajstić information content (AvgIpc) is 2.76. The van der Waals surface area contributed by atoms with Crippen LogP contribution >= 0.6 is 0 Å². The maximum absolute atomic E-state index is 12.5. The molecule has 6 nitrogen and oxygen atoms in total. The van der Waals surface area contributed by atoms with Gasteiger partial charge in [0, 0.05) is 6.54 Å². The van der Waals surface area contributed by atoms with Crippen LogP contribution in [0.15, 0.2) is 48.0 Å². The van der Waals surface area contributed by atoms with Gasteiger partial charge in [0.25, 0.3) is 5.91 Å². The number of nitrogens with one attached hydrogen (secondary N) is 1. The molecule has 30 heavy (non-hydrogen) atoms. The zero-order valence-electron chi connectivity index (χ0n) is 17.7. The van der Waals surface area contributed by atoms with Crippen LogP contribution in [0.2, 0.25) is 0 Å². The average molecular weight is 406 g/mol. The Morgan fingerprint density at radius 3 is 2.40 bits per heavy atom. The van der Waals surface area contributed by atoms with Crippen LogP contribution in [-0.2, 0) is 4.79 Å². The summed E-state index contributed by atoms with van der Waals surface area (Å²) < 4.78 is 10.8. The molecule has 1 N–H and O–H groups in total. The highest BCUT2D eigenvalue weighted by Crippen LogP contribution is 2.30. The van der Waals surface area contributed by atoms with Crippen molar-refractivity contribution < 1.29 is 19.1 Å². The van der Waals surface area contributed by atoms with Gasteiger partial charge in [0.1, 0.15) is 11.6 Å². The number of hydrogen-bond donors (Lipinski definition) is 1. The molecule has 0 bridgehead atoms. The standard InChI is InChI=1S/C24H26N2O4/c1-5-12-26-23(27)20(15-25)13-17-6-11-21(22(14-17)29-4)30-24(28)19-9-7-18(8-10-19)16(2)3/h6-11,13-14,16H,5,12H2,1-4H3,(H,26,27)/b20-13+. The third-order valence-corrected chi connectivity index (χ3v) is 4.42. The van der Waals surface area contributed by atoms with E-state index >= 15 is 0 Å². The summed E-state index contributed by atoms with van der Waals surface area (Å²) in [7, 11) is 1.46. The fraction of sp³-hybridized carbons (Fsp3) is 0.292. The van der Waals surface area contributed by atoms with Crippen LogP contribution in [0.4, 0.5) is 0 Å². The molecule has 0 saturated heterocycles. The van der Waals surface area contributed by atoms with Gasteiger partial charge in [0.15, 0.2) is 11.5 Å². The topological polar surface area (TPSA) is 88.4 Å². The highest BCUT2D eigenvalue weighted by molar-refractivity contribution is 6.01. The van der Waals surface area contributed by atoms with Crippen molar-refractivity contribution in [2.24, 2.45) is 0 Å². The SMILES string of the molecule is CCCNC(=O)/C(C#N)=C/c1ccc(OC(=O)c2ccc(C(C)C)cc2)c(OC)c1. The number of carbonyl (C=O) groups is 2. The van der Waals surface area contributed by atoms with Crippen LogP contribution in [0.1, 0.15) is 54.6 Å². The van der Waals surface area contributed by atoms with Gasteiger partial charge in [-0.1, -0.05) is 39.0 Å². The van der Waals surface area contributed by atoms with Crippen molar-refractivity contribution in [3.8, 4) is 17.6 Å². The molecule has 0 fully saturated rings.